The third-order valence-electron chi connectivity index (χ3n) is 3.34. The fourth-order valence-corrected chi connectivity index (χ4v) is 2.32. The van der Waals surface area contributed by atoms with Gasteiger partial charge in [-0.05, 0) is 35.4 Å². The quantitative estimate of drug-likeness (QED) is 0.841. The van der Waals surface area contributed by atoms with Gasteiger partial charge in [-0.2, -0.15) is 0 Å². The summed E-state index contributed by atoms with van der Waals surface area (Å²) in [6, 6.07) is 10.3. The zero-order chi connectivity index (χ0) is 14.2. The second kappa shape index (κ2) is 4.95. The molecule has 0 fully saturated rings. The number of phenols is 2. The highest BCUT2D eigenvalue weighted by atomic mass is 35.5. The Morgan fingerprint density at radius 1 is 0.789 bits per heavy atom. The minimum Gasteiger partial charge on any atom is -0.506 e. The number of rotatable bonds is 2. The van der Waals surface area contributed by atoms with Gasteiger partial charge in [0.1, 0.15) is 11.5 Å². The van der Waals surface area contributed by atoms with Crippen molar-refractivity contribution in [3.63, 3.8) is 0 Å². The van der Waals surface area contributed by atoms with E-state index in [1.165, 1.54) is 0 Å². The Hall–Kier alpha value is -1.38. The van der Waals surface area contributed by atoms with Gasteiger partial charge >= 0.3 is 0 Å². The average Bonchev–Trinajstić information content (AvgIpc) is 2.35. The van der Waals surface area contributed by atoms with Gasteiger partial charge in [0.15, 0.2) is 0 Å². The number of aromatic hydroxyl groups is 2. The summed E-state index contributed by atoms with van der Waals surface area (Å²) in [6.07, 6.45) is 0. The summed E-state index contributed by atoms with van der Waals surface area (Å²) in [5.41, 5.74) is 1.57. The van der Waals surface area contributed by atoms with Crippen LogP contribution >= 0.6 is 23.2 Å². The van der Waals surface area contributed by atoms with Gasteiger partial charge in [-0.1, -0.05) is 49.2 Å². The van der Waals surface area contributed by atoms with Gasteiger partial charge in [-0.25, -0.2) is 0 Å². The van der Waals surface area contributed by atoms with Gasteiger partial charge in [0.25, 0.3) is 0 Å². The first kappa shape index (κ1) is 14.0. The molecule has 4 heteroatoms. The maximum Gasteiger partial charge on any atom is 0.134 e. The molecule has 0 saturated heterocycles. The molecule has 2 N–H and O–H groups in total. The Balaban J connectivity index is 2.51. The van der Waals surface area contributed by atoms with Gasteiger partial charge < -0.3 is 10.2 Å². The lowest BCUT2D eigenvalue weighted by Crippen LogP contribution is -2.18. The van der Waals surface area contributed by atoms with E-state index in [0.29, 0.717) is 10.0 Å². The minimum atomic E-state index is -0.339. The molecule has 2 rings (SSSR count). The molecule has 0 aliphatic rings. The summed E-state index contributed by atoms with van der Waals surface area (Å²) >= 11 is 11.9. The van der Waals surface area contributed by atoms with E-state index in [4.69, 9.17) is 23.2 Å². The monoisotopic (exact) mass is 296 g/mol. The van der Waals surface area contributed by atoms with Gasteiger partial charge in [0.2, 0.25) is 0 Å². The molecular formula is C15H14Cl2O2. The number of benzene rings is 2. The Bertz CT molecular complexity index is 568. The van der Waals surface area contributed by atoms with Crippen LogP contribution in [0.3, 0.4) is 0 Å². The molecule has 0 saturated carbocycles. The predicted octanol–water partition coefficient (Wildman–Crippen LogP) is 4.73. The highest BCUT2D eigenvalue weighted by Gasteiger charge is 2.24. The molecule has 2 aromatic carbocycles. The van der Waals surface area contributed by atoms with Crippen molar-refractivity contribution in [2.45, 2.75) is 19.3 Å². The van der Waals surface area contributed by atoms with E-state index in [0.717, 1.165) is 11.1 Å². The molecule has 0 aliphatic heterocycles. The lowest BCUT2D eigenvalue weighted by Gasteiger charge is -2.26. The predicted molar refractivity (Wildman–Crippen MR) is 78.4 cm³/mol. The smallest absolute Gasteiger partial charge is 0.134 e. The largest absolute Gasteiger partial charge is 0.506 e. The molecule has 2 aromatic rings. The van der Waals surface area contributed by atoms with Gasteiger partial charge in [-0.3, -0.25) is 0 Å². The first-order valence-electron chi connectivity index (χ1n) is 5.80. The van der Waals surface area contributed by atoms with Crippen molar-refractivity contribution in [1.29, 1.82) is 0 Å². The Labute approximate surface area is 122 Å². The van der Waals surface area contributed by atoms with Crippen LogP contribution in [0.4, 0.5) is 0 Å². The molecule has 100 valence electrons. The second-order valence-corrected chi connectivity index (χ2v) is 5.77. The SMILES string of the molecule is CC(C)(c1ccc(O)c(Cl)c1)c1ccc(O)c(Cl)c1. The van der Waals surface area contributed by atoms with E-state index in [1.807, 2.05) is 26.0 Å². The van der Waals surface area contributed by atoms with Gasteiger partial charge in [-0.15, -0.1) is 0 Å². The molecule has 0 aliphatic carbocycles. The normalized spacial score (nSPS) is 11.6. The van der Waals surface area contributed by atoms with Gasteiger partial charge in [0.05, 0.1) is 10.0 Å². The Morgan fingerprint density at radius 3 is 1.47 bits per heavy atom. The van der Waals surface area contributed by atoms with Crippen molar-refractivity contribution in [3.05, 3.63) is 57.6 Å². The highest BCUT2D eigenvalue weighted by Crippen LogP contribution is 2.37. The van der Waals surface area contributed by atoms with Crippen LogP contribution in [0.1, 0.15) is 25.0 Å². The van der Waals surface area contributed by atoms with Gasteiger partial charge in [0, 0.05) is 5.41 Å². The van der Waals surface area contributed by atoms with E-state index in [-0.39, 0.29) is 16.9 Å². The van der Waals surface area contributed by atoms with Crippen molar-refractivity contribution >= 4 is 23.2 Å². The molecule has 0 heterocycles. The number of halogens is 2. The molecule has 0 atom stereocenters. The van der Waals surface area contributed by atoms with Crippen molar-refractivity contribution < 1.29 is 10.2 Å². The van der Waals surface area contributed by atoms with E-state index in [9.17, 15) is 10.2 Å². The molecule has 0 aromatic heterocycles. The number of hydrogen-bond acceptors (Lipinski definition) is 2. The van der Waals surface area contributed by atoms with Crippen LogP contribution < -0.4 is 0 Å². The number of phenolic OH excluding ortho intramolecular Hbond substituents is 2. The zero-order valence-electron chi connectivity index (χ0n) is 10.6. The summed E-state index contributed by atoms with van der Waals surface area (Å²) in [4.78, 5) is 0. The topological polar surface area (TPSA) is 40.5 Å². The second-order valence-electron chi connectivity index (χ2n) is 4.96. The van der Waals surface area contributed by atoms with Crippen molar-refractivity contribution in [3.8, 4) is 11.5 Å². The summed E-state index contributed by atoms with van der Waals surface area (Å²) in [6.45, 7) is 4.05. The van der Waals surface area contributed by atoms with Crippen LogP contribution in [0.15, 0.2) is 36.4 Å². The Morgan fingerprint density at radius 2 is 1.16 bits per heavy atom. The molecule has 0 radical (unpaired) electrons. The molecule has 2 nitrogen and oxygen atoms in total. The highest BCUT2D eigenvalue weighted by molar-refractivity contribution is 6.32. The summed E-state index contributed by atoms with van der Waals surface area (Å²) in [5, 5.41) is 19.6. The van der Waals surface area contributed by atoms with Crippen LogP contribution in [-0.4, -0.2) is 10.2 Å². The maximum absolute atomic E-state index is 9.47. The fraction of sp³-hybridized carbons (Fsp3) is 0.200. The van der Waals surface area contributed by atoms with Crippen molar-refractivity contribution in [2.24, 2.45) is 0 Å². The first-order valence-corrected chi connectivity index (χ1v) is 6.56. The Kier molecular flexibility index (Phi) is 3.66. The molecule has 0 unspecified atom stereocenters. The first-order chi connectivity index (χ1) is 8.82. The standard InChI is InChI=1S/C15H14Cl2O2/c1-15(2,9-3-5-13(18)11(16)7-9)10-4-6-14(19)12(17)8-10/h3-8,18-19H,1-2H3. The van der Waals surface area contributed by atoms with E-state index < -0.39 is 0 Å². The van der Waals surface area contributed by atoms with Crippen LogP contribution in [-0.2, 0) is 5.41 Å². The zero-order valence-corrected chi connectivity index (χ0v) is 12.1. The van der Waals surface area contributed by atoms with E-state index in [2.05, 4.69) is 0 Å². The van der Waals surface area contributed by atoms with Crippen LogP contribution in [0.5, 0.6) is 11.5 Å². The van der Waals surface area contributed by atoms with Crippen LogP contribution in [0.25, 0.3) is 0 Å². The average molecular weight is 297 g/mol. The summed E-state index contributed by atoms with van der Waals surface area (Å²) in [7, 11) is 0. The minimum absolute atomic E-state index is 0.0601. The summed E-state index contributed by atoms with van der Waals surface area (Å²) < 4.78 is 0. The van der Waals surface area contributed by atoms with E-state index >= 15 is 0 Å². The van der Waals surface area contributed by atoms with Crippen molar-refractivity contribution in [2.75, 3.05) is 0 Å². The number of hydrogen-bond donors (Lipinski definition) is 2. The molecule has 0 amide bonds. The fourth-order valence-electron chi connectivity index (χ4n) is 1.96. The lowest BCUT2D eigenvalue weighted by atomic mass is 9.78. The molecule has 19 heavy (non-hydrogen) atoms. The molecule has 0 bridgehead atoms. The maximum atomic E-state index is 9.47. The molecular weight excluding hydrogens is 283 g/mol. The third kappa shape index (κ3) is 2.65. The van der Waals surface area contributed by atoms with Crippen LogP contribution in [0, 0.1) is 0 Å². The summed E-state index contributed by atoms with van der Waals surface area (Å²) in [5.74, 6) is 0.120. The van der Waals surface area contributed by atoms with Crippen LogP contribution in [0.2, 0.25) is 10.0 Å². The lowest BCUT2D eigenvalue weighted by molar-refractivity contribution is 0.474. The third-order valence-corrected chi connectivity index (χ3v) is 3.94. The molecule has 0 spiro atoms. The van der Waals surface area contributed by atoms with E-state index in [1.54, 1.807) is 24.3 Å². The van der Waals surface area contributed by atoms with Crippen molar-refractivity contribution in [1.82, 2.24) is 0 Å².